The van der Waals surface area contributed by atoms with Gasteiger partial charge in [0.05, 0.1) is 6.33 Å². The Morgan fingerprint density at radius 3 is 2.86 bits per heavy atom. The second-order valence-electron chi connectivity index (χ2n) is 4.99. The number of halogens is 2. The van der Waals surface area contributed by atoms with E-state index in [1.54, 1.807) is 12.4 Å². The van der Waals surface area contributed by atoms with E-state index in [0.717, 1.165) is 17.6 Å². The fourth-order valence-corrected chi connectivity index (χ4v) is 2.46. The third-order valence-electron chi connectivity index (χ3n) is 3.44. The van der Waals surface area contributed by atoms with Crippen molar-refractivity contribution >= 4 is 28.6 Å². The second kappa shape index (κ2) is 5.88. The molecule has 3 rings (SSSR count). The SMILES string of the molecule is CCn1cnc2nc(Cl)nc(NCc3ccc(C)cc3F)c21. The van der Waals surface area contributed by atoms with E-state index in [9.17, 15) is 4.39 Å². The zero-order chi connectivity index (χ0) is 15.7. The van der Waals surface area contributed by atoms with E-state index in [0.29, 0.717) is 23.6 Å². The van der Waals surface area contributed by atoms with E-state index in [2.05, 4.69) is 20.3 Å². The van der Waals surface area contributed by atoms with E-state index in [4.69, 9.17) is 11.6 Å². The molecule has 1 N–H and O–H groups in total. The monoisotopic (exact) mass is 319 g/mol. The van der Waals surface area contributed by atoms with Gasteiger partial charge in [-0.25, -0.2) is 9.37 Å². The maximum Gasteiger partial charge on any atom is 0.226 e. The van der Waals surface area contributed by atoms with E-state index >= 15 is 0 Å². The molecule has 1 aromatic carbocycles. The summed E-state index contributed by atoms with van der Waals surface area (Å²) < 4.78 is 15.8. The highest BCUT2D eigenvalue weighted by molar-refractivity contribution is 6.28. The highest BCUT2D eigenvalue weighted by Crippen LogP contribution is 2.22. The molecule has 2 aromatic heterocycles. The van der Waals surface area contributed by atoms with E-state index in [-0.39, 0.29) is 11.1 Å². The summed E-state index contributed by atoms with van der Waals surface area (Å²) >= 11 is 5.92. The highest BCUT2D eigenvalue weighted by Gasteiger charge is 2.12. The Morgan fingerprint density at radius 1 is 1.32 bits per heavy atom. The molecule has 0 fully saturated rings. The predicted molar refractivity (Wildman–Crippen MR) is 84.5 cm³/mol. The van der Waals surface area contributed by atoms with Crippen LogP contribution < -0.4 is 5.32 Å². The van der Waals surface area contributed by atoms with Crippen molar-refractivity contribution in [2.75, 3.05) is 5.32 Å². The molecule has 0 saturated heterocycles. The summed E-state index contributed by atoms with van der Waals surface area (Å²) in [4.78, 5) is 12.5. The third kappa shape index (κ3) is 2.74. The summed E-state index contributed by atoms with van der Waals surface area (Å²) in [5.74, 6) is 0.308. The van der Waals surface area contributed by atoms with Crippen LogP contribution >= 0.6 is 11.6 Å². The van der Waals surface area contributed by atoms with Gasteiger partial charge < -0.3 is 9.88 Å². The Labute approximate surface area is 132 Å². The molecule has 22 heavy (non-hydrogen) atoms. The summed E-state index contributed by atoms with van der Waals surface area (Å²) in [5.41, 5.74) is 2.74. The zero-order valence-corrected chi connectivity index (χ0v) is 13.0. The van der Waals surface area contributed by atoms with Gasteiger partial charge in [-0.05, 0) is 37.1 Å². The molecule has 5 nitrogen and oxygen atoms in total. The smallest absolute Gasteiger partial charge is 0.226 e. The molecule has 0 aliphatic carbocycles. The molecule has 0 spiro atoms. The number of imidazole rings is 1. The number of aryl methyl sites for hydroxylation is 2. The van der Waals surface area contributed by atoms with Gasteiger partial charge in [0.2, 0.25) is 5.28 Å². The second-order valence-corrected chi connectivity index (χ2v) is 5.33. The first-order valence-corrected chi connectivity index (χ1v) is 7.33. The number of rotatable bonds is 4. The number of nitrogens with zero attached hydrogens (tertiary/aromatic N) is 4. The number of aromatic nitrogens is 4. The van der Waals surface area contributed by atoms with Crippen LogP contribution in [0.5, 0.6) is 0 Å². The lowest BCUT2D eigenvalue weighted by molar-refractivity contribution is 0.611. The Kier molecular flexibility index (Phi) is 3.94. The molecule has 0 saturated carbocycles. The maximum atomic E-state index is 13.9. The van der Waals surface area contributed by atoms with Crippen molar-refractivity contribution in [3.8, 4) is 0 Å². The maximum absolute atomic E-state index is 13.9. The van der Waals surface area contributed by atoms with Crippen LogP contribution in [-0.2, 0) is 13.1 Å². The first kappa shape index (κ1) is 14.7. The normalized spacial score (nSPS) is 11.1. The van der Waals surface area contributed by atoms with Crippen molar-refractivity contribution in [2.45, 2.75) is 26.9 Å². The van der Waals surface area contributed by atoms with Crippen molar-refractivity contribution in [1.29, 1.82) is 0 Å². The Hall–Kier alpha value is -2.21. The topological polar surface area (TPSA) is 55.6 Å². The molecule has 0 amide bonds. The van der Waals surface area contributed by atoms with E-state index < -0.39 is 0 Å². The number of benzene rings is 1. The molecule has 3 aromatic rings. The number of nitrogens with one attached hydrogen (secondary N) is 1. The van der Waals surface area contributed by atoms with Gasteiger partial charge in [0, 0.05) is 18.7 Å². The van der Waals surface area contributed by atoms with Crippen molar-refractivity contribution in [3.05, 3.63) is 46.8 Å². The van der Waals surface area contributed by atoms with Crippen LogP contribution in [-0.4, -0.2) is 19.5 Å². The van der Waals surface area contributed by atoms with Gasteiger partial charge in [-0.15, -0.1) is 0 Å². The molecule has 114 valence electrons. The number of fused-ring (bicyclic) bond motifs is 1. The van der Waals surface area contributed by atoms with Gasteiger partial charge in [-0.2, -0.15) is 9.97 Å². The number of hydrogen-bond acceptors (Lipinski definition) is 4. The highest BCUT2D eigenvalue weighted by atomic mass is 35.5. The molecule has 2 heterocycles. The van der Waals surface area contributed by atoms with Gasteiger partial charge >= 0.3 is 0 Å². The van der Waals surface area contributed by atoms with Gasteiger partial charge in [0.15, 0.2) is 11.5 Å². The quantitative estimate of drug-likeness (QED) is 0.747. The molecule has 0 aliphatic heterocycles. The standard InChI is InChI=1S/C15H15ClFN5/c1-3-22-8-19-14-12(22)13(20-15(16)21-14)18-7-10-5-4-9(2)6-11(10)17/h4-6,8H,3,7H2,1-2H3,(H,18,20,21). The van der Waals surface area contributed by atoms with Crippen molar-refractivity contribution in [1.82, 2.24) is 19.5 Å². The van der Waals surface area contributed by atoms with Crippen LogP contribution in [0.2, 0.25) is 5.28 Å². The Balaban J connectivity index is 1.94. The molecule has 0 bridgehead atoms. The molecule has 0 atom stereocenters. The lowest BCUT2D eigenvalue weighted by Gasteiger charge is -2.10. The molecular weight excluding hydrogens is 305 g/mol. The average molecular weight is 320 g/mol. The summed E-state index contributed by atoms with van der Waals surface area (Å²) in [6.45, 7) is 4.89. The lowest BCUT2D eigenvalue weighted by atomic mass is 10.1. The minimum Gasteiger partial charge on any atom is -0.364 e. The van der Waals surface area contributed by atoms with Crippen LogP contribution in [0.1, 0.15) is 18.1 Å². The predicted octanol–water partition coefficient (Wildman–Crippen LogP) is 3.56. The molecule has 7 heteroatoms. The van der Waals surface area contributed by atoms with Crippen molar-refractivity contribution in [2.24, 2.45) is 0 Å². The van der Waals surface area contributed by atoms with E-state index in [1.165, 1.54) is 6.07 Å². The van der Waals surface area contributed by atoms with Crippen LogP contribution in [0, 0.1) is 12.7 Å². The fraction of sp³-hybridized carbons (Fsp3) is 0.267. The van der Waals surface area contributed by atoms with Gasteiger partial charge in [-0.3, -0.25) is 0 Å². The Morgan fingerprint density at radius 2 is 2.14 bits per heavy atom. The average Bonchev–Trinajstić information content (AvgIpc) is 2.89. The van der Waals surface area contributed by atoms with Gasteiger partial charge in [-0.1, -0.05) is 12.1 Å². The minimum atomic E-state index is -0.243. The zero-order valence-electron chi connectivity index (χ0n) is 12.3. The summed E-state index contributed by atoms with van der Waals surface area (Å²) in [6.07, 6.45) is 1.69. The number of hydrogen-bond donors (Lipinski definition) is 1. The van der Waals surface area contributed by atoms with Crippen molar-refractivity contribution in [3.63, 3.8) is 0 Å². The van der Waals surface area contributed by atoms with Crippen molar-refractivity contribution < 1.29 is 4.39 Å². The fourth-order valence-electron chi connectivity index (χ4n) is 2.29. The van der Waals surface area contributed by atoms with Crippen LogP contribution in [0.4, 0.5) is 10.2 Å². The van der Waals surface area contributed by atoms with Crippen LogP contribution in [0.3, 0.4) is 0 Å². The molecular formula is C15H15ClFN5. The lowest BCUT2D eigenvalue weighted by Crippen LogP contribution is -2.07. The largest absolute Gasteiger partial charge is 0.364 e. The summed E-state index contributed by atoms with van der Waals surface area (Å²) in [6, 6.07) is 5.14. The van der Waals surface area contributed by atoms with E-state index in [1.807, 2.05) is 24.5 Å². The molecule has 0 unspecified atom stereocenters. The first-order valence-electron chi connectivity index (χ1n) is 6.95. The molecule has 0 radical (unpaired) electrons. The third-order valence-corrected chi connectivity index (χ3v) is 3.61. The van der Waals surface area contributed by atoms with Crippen LogP contribution in [0.15, 0.2) is 24.5 Å². The Bertz CT molecular complexity index is 830. The summed E-state index contributed by atoms with van der Waals surface area (Å²) in [7, 11) is 0. The minimum absolute atomic E-state index is 0.112. The first-order chi connectivity index (χ1) is 10.6. The van der Waals surface area contributed by atoms with Gasteiger partial charge in [0.1, 0.15) is 11.3 Å². The van der Waals surface area contributed by atoms with Crippen LogP contribution in [0.25, 0.3) is 11.2 Å². The number of anilines is 1. The summed E-state index contributed by atoms with van der Waals surface area (Å²) in [5, 5.41) is 3.24. The van der Waals surface area contributed by atoms with Gasteiger partial charge in [0.25, 0.3) is 0 Å². The molecule has 0 aliphatic rings.